The van der Waals surface area contributed by atoms with Crippen LogP contribution in [0.15, 0.2) is 42.5 Å². The van der Waals surface area contributed by atoms with Gasteiger partial charge in [0.25, 0.3) is 5.91 Å². The first-order valence-electron chi connectivity index (χ1n) is 12.8. The largest absolute Gasteiger partial charge is 0.573 e. The van der Waals surface area contributed by atoms with Gasteiger partial charge in [-0.1, -0.05) is 20.8 Å². The maximum Gasteiger partial charge on any atom is 0.573 e. The van der Waals surface area contributed by atoms with Crippen LogP contribution >= 0.6 is 0 Å². The van der Waals surface area contributed by atoms with E-state index < -0.39 is 12.3 Å². The van der Waals surface area contributed by atoms with Gasteiger partial charge in [0.1, 0.15) is 5.75 Å². The minimum atomic E-state index is -4.77. The fourth-order valence-electron chi connectivity index (χ4n) is 5.54. The van der Waals surface area contributed by atoms with Crippen molar-refractivity contribution >= 4 is 34.5 Å². The molecule has 210 valence electrons. The van der Waals surface area contributed by atoms with Crippen LogP contribution in [0, 0.1) is 11.3 Å². The number of carbonyl (C=O) groups is 2. The van der Waals surface area contributed by atoms with Gasteiger partial charge in [0.2, 0.25) is 5.95 Å². The molecule has 1 aromatic heterocycles. The molecule has 11 heteroatoms. The minimum absolute atomic E-state index is 0.0651. The summed E-state index contributed by atoms with van der Waals surface area (Å²) in [5.74, 6) is -0.0389. The van der Waals surface area contributed by atoms with Crippen molar-refractivity contribution in [1.29, 1.82) is 0 Å². The number of ether oxygens (including phenoxy) is 2. The molecule has 0 radical (unpaired) electrons. The van der Waals surface area contributed by atoms with E-state index >= 15 is 0 Å². The highest BCUT2D eigenvalue weighted by molar-refractivity contribution is 5.98. The molecule has 4 rings (SSSR count). The standard InChI is InChI=1S/C28H33F3N4O4/c1-17-13-20(16-27(2,3)15-17)35-23-10-5-18(25(37)32-12-11-24(36)38-4)14-22(23)34-26(35)33-19-6-8-21(9-7-19)39-28(29,30)31/h5-10,14,17,20H,11-13,15-16H2,1-4H3,(H,32,37)(H,33,34). The van der Waals surface area contributed by atoms with Gasteiger partial charge in [-0.25, -0.2) is 4.98 Å². The van der Waals surface area contributed by atoms with Gasteiger partial charge in [0.05, 0.1) is 24.6 Å². The lowest BCUT2D eigenvalue weighted by Gasteiger charge is -2.40. The van der Waals surface area contributed by atoms with Crippen LogP contribution in [-0.2, 0) is 9.53 Å². The number of rotatable bonds is 8. The Kier molecular flexibility index (Phi) is 8.08. The lowest BCUT2D eigenvalue weighted by molar-refractivity contribution is -0.274. The average Bonchev–Trinajstić information content (AvgIpc) is 3.19. The summed E-state index contributed by atoms with van der Waals surface area (Å²) in [6, 6.07) is 10.9. The molecule has 0 saturated heterocycles. The Morgan fingerprint density at radius 3 is 2.49 bits per heavy atom. The Labute approximate surface area is 224 Å². The quantitative estimate of drug-likeness (QED) is 0.320. The Hall–Kier alpha value is -3.76. The zero-order valence-corrected chi connectivity index (χ0v) is 22.4. The maximum atomic E-state index is 12.7. The van der Waals surface area contributed by atoms with Crippen LogP contribution in [0.3, 0.4) is 0 Å². The third-order valence-electron chi connectivity index (χ3n) is 6.87. The molecule has 0 aliphatic heterocycles. The Bertz CT molecular complexity index is 1340. The fourth-order valence-corrected chi connectivity index (χ4v) is 5.54. The molecule has 2 N–H and O–H groups in total. The van der Waals surface area contributed by atoms with E-state index in [0.717, 1.165) is 24.8 Å². The molecule has 1 fully saturated rings. The van der Waals surface area contributed by atoms with E-state index in [1.165, 1.54) is 31.4 Å². The van der Waals surface area contributed by atoms with Crippen LogP contribution in [0.1, 0.15) is 62.9 Å². The van der Waals surface area contributed by atoms with E-state index in [9.17, 15) is 22.8 Å². The number of esters is 1. The number of carbonyl (C=O) groups excluding carboxylic acids is 2. The second kappa shape index (κ2) is 11.2. The van der Waals surface area contributed by atoms with Gasteiger partial charge >= 0.3 is 12.3 Å². The van der Waals surface area contributed by atoms with Crippen molar-refractivity contribution in [3.8, 4) is 5.75 Å². The third kappa shape index (κ3) is 7.21. The summed E-state index contributed by atoms with van der Waals surface area (Å²) < 4.78 is 48.4. The van der Waals surface area contributed by atoms with Crippen molar-refractivity contribution in [2.75, 3.05) is 19.0 Å². The number of imidazole rings is 1. The molecule has 1 amide bonds. The van der Waals surface area contributed by atoms with E-state index in [1.54, 1.807) is 12.1 Å². The van der Waals surface area contributed by atoms with Crippen molar-refractivity contribution in [3.05, 3.63) is 48.0 Å². The van der Waals surface area contributed by atoms with Gasteiger partial charge in [-0.05, 0) is 73.1 Å². The molecule has 1 aliphatic carbocycles. The smallest absolute Gasteiger partial charge is 0.469 e. The summed E-state index contributed by atoms with van der Waals surface area (Å²) in [7, 11) is 1.29. The number of alkyl halides is 3. The molecule has 2 atom stereocenters. The van der Waals surface area contributed by atoms with Gasteiger partial charge in [-0.15, -0.1) is 13.2 Å². The highest BCUT2D eigenvalue weighted by atomic mass is 19.4. The predicted molar refractivity (Wildman–Crippen MR) is 141 cm³/mol. The van der Waals surface area contributed by atoms with E-state index in [1.807, 2.05) is 6.07 Å². The lowest BCUT2D eigenvalue weighted by atomic mass is 9.70. The average molecular weight is 547 g/mol. The second-order valence-corrected chi connectivity index (χ2v) is 10.9. The zero-order valence-electron chi connectivity index (χ0n) is 22.4. The van der Waals surface area contributed by atoms with Gasteiger partial charge in [0, 0.05) is 23.8 Å². The van der Waals surface area contributed by atoms with Gasteiger partial charge in [-0.3, -0.25) is 9.59 Å². The number of hydrogen-bond donors (Lipinski definition) is 2. The minimum Gasteiger partial charge on any atom is -0.469 e. The normalized spacial score (nSPS) is 18.9. The highest BCUT2D eigenvalue weighted by Crippen LogP contribution is 2.46. The number of fused-ring (bicyclic) bond motifs is 1. The first kappa shape index (κ1) is 28.3. The summed E-state index contributed by atoms with van der Waals surface area (Å²) in [6.45, 7) is 6.88. The molecule has 2 aromatic carbocycles. The Morgan fingerprint density at radius 1 is 1.13 bits per heavy atom. The molecular formula is C28H33F3N4O4. The van der Waals surface area contributed by atoms with Gasteiger partial charge in [-0.2, -0.15) is 0 Å². The van der Waals surface area contributed by atoms with Crippen LogP contribution in [0.25, 0.3) is 11.0 Å². The first-order chi connectivity index (χ1) is 18.3. The highest BCUT2D eigenvalue weighted by Gasteiger charge is 2.35. The SMILES string of the molecule is COC(=O)CCNC(=O)c1ccc2c(c1)nc(Nc1ccc(OC(F)(F)F)cc1)n2C1CC(C)CC(C)(C)C1. The van der Waals surface area contributed by atoms with Crippen molar-refractivity contribution < 1.29 is 32.2 Å². The molecule has 1 saturated carbocycles. The summed E-state index contributed by atoms with van der Waals surface area (Å²) >= 11 is 0. The molecule has 39 heavy (non-hydrogen) atoms. The third-order valence-corrected chi connectivity index (χ3v) is 6.87. The summed E-state index contributed by atoms with van der Waals surface area (Å²) in [6.07, 6.45) is -1.73. The topological polar surface area (TPSA) is 94.5 Å². The van der Waals surface area contributed by atoms with Crippen LogP contribution in [0.4, 0.5) is 24.8 Å². The molecule has 0 spiro atoms. The summed E-state index contributed by atoms with van der Waals surface area (Å²) in [5.41, 5.74) is 2.51. The second-order valence-electron chi connectivity index (χ2n) is 10.9. The van der Waals surface area contributed by atoms with Crippen LogP contribution in [-0.4, -0.2) is 41.4 Å². The number of hydrogen-bond acceptors (Lipinski definition) is 6. The molecule has 1 aliphatic rings. The number of aromatic nitrogens is 2. The molecule has 8 nitrogen and oxygen atoms in total. The van der Waals surface area contributed by atoms with Crippen LogP contribution < -0.4 is 15.4 Å². The van der Waals surface area contributed by atoms with Crippen molar-refractivity contribution in [1.82, 2.24) is 14.9 Å². The number of anilines is 2. The number of amides is 1. The Morgan fingerprint density at radius 2 is 1.85 bits per heavy atom. The molecule has 3 aromatic rings. The van der Waals surface area contributed by atoms with Crippen LogP contribution in [0.2, 0.25) is 0 Å². The number of benzene rings is 2. The molecule has 1 heterocycles. The van der Waals surface area contributed by atoms with Crippen molar-refractivity contribution in [2.24, 2.45) is 11.3 Å². The maximum absolute atomic E-state index is 12.7. The first-order valence-corrected chi connectivity index (χ1v) is 12.8. The predicted octanol–water partition coefficient (Wildman–Crippen LogP) is 6.36. The number of nitrogens with one attached hydrogen (secondary N) is 2. The van der Waals surface area contributed by atoms with E-state index in [2.05, 4.69) is 45.4 Å². The van der Waals surface area contributed by atoms with Gasteiger partial charge < -0.3 is 24.7 Å². The van der Waals surface area contributed by atoms with Crippen molar-refractivity contribution in [3.63, 3.8) is 0 Å². The van der Waals surface area contributed by atoms with E-state index in [4.69, 9.17) is 4.98 Å². The number of nitrogens with zero attached hydrogens (tertiary/aromatic N) is 2. The van der Waals surface area contributed by atoms with E-state index in [-0.39, 0.29) is 36.1 Å². The number of methoxy groups -OCH3 is 1. The van der Waals surface area contributed by atoms with Crippen LogP contribution in [0.5, 0.6) is 5.75 Å². The fraction of sp³-hybridized carbons (Fsp3) is 0.464. The summed E-state index contributed by atoms with van der Waals surface area (Å²) in [5, 5.41) is 5.97. The van der Waals surface area contributed by atoms with Gasteiger partial charge in [0.15, 0.2) is 0 Å². The lowest BCUT2D eigenvalue weighted by Crippen LogP contribution is -2.29. The zero-order chi connectivity index (χ0) is 28.4. The van der Waals surface area contributed by atoms with Crippen molar-refractivity contribution in [2.45, 2.75) is 58.9 Å². The number of halogens is 3. The summed E-state index contributed by atoms with van der Waals surface area (Å²) in [4.78, 5) is 28.8. The molecular weight excluding hydrogens is 513 g/mol. The Balaban J connectivity index is 1.66. The molecule has 2 unspecified atom stereocenters. The monoisotopic (exact) mass is 546 g/mol. The molecule has 0 bridgehead atoms. The van der Waals surface area contributed by atoms with E-state index in [0.29, 0.717) is 28.6 Å².